The highest BCUT2D eigenvalue weighted by atomic mass is 16.5. The zero-order valence-corrected chi connectivity index (χ0v) is 23.9. The molecule has 1 fully saturated rings. The average Bonchev–Trinajstić information content (AvgIpc) is 3.16. The number of aromatic carboxylic acids is 1. The number of rotatable bonds is 11. The second-order valence-corrected chi connectivity index (χ2v) is 11.3. The van der Waals surface area contributed by atoms with E-state index in [0.717, 1.165) is 43.2 Å². The predicted octanol–water partition coefficient (Wildman–Crippen LogP) is 3.89. The summed E-state index contributed by atoms with van der Waals surface area (Å²) in [5, 5.41) is 15.0. The summed E-state index contributed by atoms with van der Waals surface area (Å²) in [6.45, 7) is 1.84. The van der Waals surface area contributed by atoms with Gasteiger partial charge in [0.05, 0.1) is 23.8 Å². The number of carboxylic acids is 1. The molecule has 2 aromatic carbocycles. The first-order chi connectivity index (χ1) is 20.2. The normalized spacial score (nSPS) is 17.7. The van der Waals surface area contributed by atoms with Gasteiger partial charge < -0.3 is 26.2 Å². The van der Waals surface area contributed by atoms with Gasteiger partial charge >= 0.3 is 5.97 Å². The van der Waals surface area contributed by atoms with Gasteiger partial charge in [-0.05, 0) is 79.0 Å². The number of carboxylic acid groups (broad SMARTS) is 1. The van der Waals surface area contributed by atoms with Crippen molar-refractivity contribution in [1.29, 1.82) is 0 Å². The molecule has 5 N–H and O–H groups in total. The van der Waals surface area contributed by atoms with Gasteiger partial charge in [-0.2, -0.15) is 0 Å². The second-order valence-electron chi connectivity index (χ2n) is 11.3. The SMILES string of the molecule is CC(=O)NC(Cc1ccc(C(=O)O)c(C=O)c1)C(=O)N[C@H]1CCCCc2cc(OCC3CCCCC3)c(C(N)=O)cc21. The van der Waals surface area contributed by atoms with Crippen molar-refractivity contribution in [3.05, 3.63) is 63.7 Å². The number of hydrogen-bond acceptors (Lipinski definition) is 6. The predicted molar refractivity (Wildman–Crippen MR) is 156 cm³/mol. The van der Waals surface area contributed by atoms with E-state index in [4.69, 9.17) is 10.5 Å². The maximum absolute atomic E-state index is 13.6. The summed E-state index contributed by atoms with van der Waals surface area (Å²) in [4.78, 5) is 60.9. The lowest BCUT2D eigenvalue weighted by atomic mass is 9.90. The Kier molecular flexibility index (Phi) is 10.3. The van der Waals surface area contributed by atoms with Crippen molar-refractivity contribution >= 4 is 30.0 Å². The van der Waals surface area contributed by atoms with Gasteiger partial charge in [0.25, 0.3) is 5.91 Å². The van der Waals surface area contributed by atoms with Gasteiger partial charge in [-0.15, -0.1) is 0 Å². The smallest absolute Gasteiger partial charge is 0.336 e. The van der Waals surface area contributed by atoms with Crippen LogP contribution < -0.4 is 21.1 Å². The molecule has 224 valence electrons. The van der Waals surface area contributed by atoms with E-state index in [9.17, 15) is 29.1 Å². The van der Waals surface area contributed by atoms with Crippen LogP contribution in [-0.2, 0) is 22.4 Å². The van der Waals surface area contributed by atoms with Crippen molar-refractivity contribution in [2.75, 3.05) is 6.61 Å². The molecule has 3 amide bonds. The van der Waals surface area contributed by atoms with Crippen LogP contribution in [0.1, 0.15) is 112 Å². The Morgan fingerprint density at radius 3 is 2.43 bits per heavy atom. The summed E-state index contributed by atoms with van der Waals surface area (Å²) in [6.07, 6.45) is 9.48. The van der Waals surface area contributed by atoms with Crippen molar-refractivity contribution in [3.8, 4) is 5.75 Å². The van der Waals surface area contributed by atoms with Crippen LogP contribution in [0.25, 0.3) is 0 Å². The van der Waals surface area contributed by atoms with Gasteiger partial charge in [-0.3, -0.25) is 19.2 Å². The Bertz CT molecular complexity index is 1350. The van der Waals surface area contributed by atoms with E-state index in [1.807, 2.05) is 6.07 Å². The zero-order chi connectivity index (χ0) is 30.2. The third kappa shape index (κ3) is 7.74. The lowest BCUT2D eigenvalue weighted by Crippen LogP contribution is -2.48. The van der Waals surface area contributed by atoms with Gasteiger partial charge in [0.15, 0.2) is 6.29 Å². The van der Waals surface area contributed by atoms with E-state index < -0.39 is 35.8 Å². The lowest BCUT2D eigenvalue weighted by Gasteiger charge is -2.26. The summed E-state index contributed by atoms with van der Waals surface area (Å²) < 4.78 is 6.15. The fraction of sp³-hybridized carbons (Fsp3) is 0.469. The molecule has 0 saturated heterocycles. The third-order valence-electron chi connectivity index (χ3n) is 8.19. The fourth-order valence-corrected chi connectivity index (χ4v) is 6.02. The summed E-state index contributed by atoms with van der Waals surface area (Å²) in [6, 6.07) is 6.47. The van der Waals surface area contributed by atoms with Crippen LogP contribution in [0.4, 0.5) is 0 Å². The molecule has 10 nitrogen and oxygen atoms in total. The van der Waals surface area contributed by atoms with Gasteiger partial charge in [0.2, 0.25) is 11.8 Å². The Balaban J connectivity index is 1.56. The number of carbonyl (C=O) groups excluding carboxylic acids is 4. The molecule has 2 atom stereocenters. The minimum atomic E-state index is -1.23. The summed E-state index contributed by atoms with van der Waals surface area (Å²) in [5.41, 5.74) is 8.20. The first-order valence-electron chi connectivity index (χ1n) is 14.6. The molecule has 42 heavy (non-hydrogen) atoms. The number of hydrogen-bond donors (Lipinski definition) is 4. The van der Waals surface area contributed by atoms with Crippen molar-refractivity contribution in [2.24, 2.45) is 11.7 Å². The Labute approximate surface area is 245 Å². The Morgan fingerprint density at radius 2 is 1.76 bits per heavy atom. The third-order valence-corrected chi connectivity index (χ3v) is 8.19. The molecule has 2 aliphatic carbocycles. The van der Waals surface area contributed by atoms with Crippen molar-refractivity contribution < 1.29 is 33.8 Å². The number of nitrogens with two attached hydrogens (primary N) is 1. The van der Waals surface area contributed by atoms with Crippen LogP contribution in [0.3, 0.4) is 0 Å². The fourth-order valence-electron chi connectivity index (χ4n) is 6.02. The first-order valence-corrected chi connectivity index (χ1v) is 14.6. The second kappa shape index (κ2) is 14.1. The van der Waals surface area contributed by atoms with Crippen LogP contribution in [-0.4, -0.2) is 47.7 Å². The van der Waals surface area contributed by atoms with E-state index in [1.54, 1.807) is 6.07 Å². The Morgan fingerprint density at radius 1 is 1.02 bits per heavy atom. The molecule has 0 heterocycles. The molecular formula is C32H39N3O7. The van der Waals surface area contributed by atoms with Gasteiger partial charge in [0, 0.05) is 18.9 Å². The zero-order valence-electron chi connectivity index (χ0n) is 23.9. The highest BCUT2D eigenvalue weighted by Crippen LogP contribution is 2.35. The minimum absolute atomic E-state index is 0.0137. The number of fused-ring (bicyclic) bond motifs is 1. The number of amides is 3. The molecule has 2 aromatic rings. The van der Waals surface area contributed by atoms with Crippen LogP contribution in [0.2, 0.25) is 0 Å². The van der Waals surface area contributed by atoms with Crippen molar-refractivity contribution in [1.82, 2.24) is 10.6 Å². The summed E-state index contributed by atoms with van der Waals surface area (Å²) >= 11 is 0. The van der Waals surface area contributed by atoms with E-state index in [-0.39, 0.29) is 23.1 Å². The molecule has 0 aliphatic heterocycles. The molecule has 4 rings (SSSR count). The lowest BCUT2D eigenvalue weighted by molar-refractivity contribution is -0.128. The molecule has 0 bridgehead atoms. The van der Waals surface area contributed by atoms with Crippen LogP contribution >= 0.6 is 0 Å². The minimum Gasteiger partial charge on any atom is -0.492 e. The maximum Gasteiger partial charge on any atom is 0.336 e. The molecule has 10 heteroatoms. The number of aryl methyl sites for hydroxylation is 1. The van der Waals surface area contributed by atoms with Gasteiger partial charge in [-0.1, -0.05) is 31.7 Å². The Hall–Kier alpha value is -4.21. The molecular weight excluding hydrogens is 538 g/mol. The number of carbonyl (C=O) groups is 5. The molecule has 0 spiro atoms. The van der Waals surface area contributed by atoms with E-state index in [1.165, 1.54) is 44.4 Å². The first kappa shape index (κ1) is 30.7. The van der Waals surface area contributed by atoms with E-state index in [2.05, 4.69) is 10.6 Å². The maximum atomic E-state index is 13.6. The molecule has 0 radical (unpaired) electrons. The topological polar surface area (TPSA) is 165 Å². The standard InChI is InChI=1S/C32H39N3O7/c1-19(37)34-28(14-21-11-12-24(32(40)41)23(13-21)17-36)31(39)35-27-10-6-5-9-22-15-29(26(30(33)38)16-25(22)27)42-18-20-7-3-2-4-8-20/h11-13,15-17,20,27-28H,2-10,14,18H2,1H3,(H2,33,38)(H,34,37)(H,35,39)(H,40,41)/t27-,28?/m0/s1. The van der Waals surface area contributed by atoms with E-state index in [0.29, 0.717) is 36.5 Å². The van der Waals surface area contributed by atoms with Crippen molar-refractivity contribution in [3.63, 3.8) is 0 Å². The largest absolute Gasteiger partial charge is 0.492 e. The molecule has 1 saturated carbocycles. The number of aldehydes is 1. The van der Waals surface area contributed by atoms with Gasteiger partial charge in [0.1, 0.15) is 11.8 Å². The van der Waals surface area contributed by atoms with Gasteiger partial charge in [-0.25, -0.2) is 4.79 Å². The highest BCUT2D eigenvalue weighted by Gasteiger charge is 2.28. The number of nitrogens with one attached hydrogen (secondary N) is 2. The van der Waals surface area contributed by atoms with E-state index >= 15 is 0 Å². The molecule has 0 aromatic heterocycles. The van der Waals surface area contributed by atoms with Crippen LogP contribution in [0.5, 0.6) is 5.75 Å². The molecule has 2 aliphatic rings. The number of ether oxygens (including phenoxy) is 1. The number of benzene rings is 2. The van der Waals surface area contributed by atoms with Crippen LogP contribution in [0.15, 0.2) is 30.3 Å². The highest BCUT2D eigenvalue weighted by molar-refractivity contribution is 5.97. The quantitative estimate of drug-likeness (QED) is 0.232. The van der Waals surface area contributed by atoms with Crippen LogP contribution in [0, 0.1) is 5.92 Å². The average molecular weight is 578 g/mol. The number of primary amides is 1. The monoisotopic (exact) mass is 577 g/mol. The molecule has 1 unspecified atom stereocenters. The summed E-state index contributed by atoms with van der Waals surface area (Å²) in [7, 11) is 0. The summed E-state index contributed by atoms with van der Waals surface area (Å²) in [5.74, 6) is -1.74. The van der Waals surface area contributed by atoms with Crippen molar-refractivity contribution in [2.45, 2.75) is 83.2 Å².